The van der Waals surface area contributed by atoms with Crippen molar-refractivity contribution < 1.29 is 41.9 Å². The third kappa shape index (κ3) is 12.9. The normalized spacial score (nSPS) is 11.4. The number of hydrogen-bond donors (Lipinski definition) is 2. The molecule has 0 saturated carbocycles. The minimum absolute atomic E-state index is 0. The number of nitrogens with zero attached hydrogens (tertiary/aromatic N) is 2. The van der Waals surface area contributed by atoms with Crippen LogP contribution in [0.3, 0.4) is 0 Å². The van der Waals surface area contributed by atoms with E-state index < -0.39 is 0 Å². The predicted octanol–water partition coefficient (Wildman–Crippen LogP) is 4.85. The maximum atomic E-state index is 4.67. The van der Waals surface area contributed by atoms with Crippen LogP contribution in [0, 0.1) is 0 Å². The van der Waals surface area contributed by atoms with Crippen LogP contribution in [0.1, 0.15) is 158 Å². The second kappa shape index (κ2) is 21.4. The Morgan fingerprint density at radius 2 is 0.915 bits per heavy atom. The summed E-state index contributed by atoms with van der Waals surface area (Å²) in [6, 6.07) is 16.0. The largest absolute Gasteiger partial charge is 2.00 e. The van der Waals surface area contributed by atoms with Gasteiger partial charge in [-0.05, 0) is 81.0 Å². The minimum Gasteiger partial charge on any atom is -1.00 e. The maximum absolute atomic E-state index is 4.67. The zero-order valence-electron chi connectivity index (χ0n) is 31.1. The number of benzene rings is 2. The molecule has 2 N–H and O–H groups in total. The fourth-order valence-electron chi connectivity index (χ4n) is 5.99. The van der Waals surface area contributed by atoms with Gasteiger partial charge in [-0.25, -0.2) is 0 Å². The molecule has 0 atom stereocenters. The van der Waals surface area contributed by atoms with Crippen LogP contribution in [-0.2, 0) is 23.6 Å². The van der Waals surface area contributed by atoms with E-state index in [0.717, 1.165) is 38.4 Å². The van der Waals surface area contributed by atoms with Crippen molar-refractivity contribution in [2.75, 3.05) is 36.8 Å². The number of aromatic nitrogens is 1. The van der Waals surface area contributed by atoms with Gasteiger partial charge in [-0.15, -0.1) is 0 Å². The van der Waals surface area contributed by atoms with Gasteiger partial charge < -0.3 is 35.4 Å². The van der Waals surface area contributed by atoms with Crippen LogP contribution in [0.4, 0.5) is 11.4 Å². The molecular formula is C40H62Cl2MnN4. The number of rotatable bonds is 16. The Morgan fingerprint density at radius 1 is 0.553 bits per heavy atom. The fourth-order valence-corrected chi connectivity index (χ4v) is 5.99. The van der Waals surface area contributed by atoms with Gasteiger partial charge in [0, 0.05) is 50.3 Å². The van der Waals surface area contributed by atoms with Gasteiger partial charge in [-0.2, -0.15) is 0 Å². The van der Waals surface area contributed by atoms with E-state index in [1.807, 2.05) is 12.3 Å². The van der Waals surface area contributed by atoms with Crippen molar-refractivity contribution in [1.82, 2.24) is 9.88 Å². The van der Waals surface area contributed by atoms with E-state index in [4.69, 9.17) is 0 Å². The summed E-state index contributed by atoms with van der Waals surface area (Å²) in [5.41, 5.74) is 12.4. The molecule has 0 amide bonds. The Morgan fingerprint density at radius 3 is 1.19 bits per heavy atom. The van der Waals surface area contributed by atoms with E-state index in [1.165, 1.54) is 44.8 Å². The Bertz CT molecular complexity index is 1180. The first-order chi connectivity index (χ1) is 20.8. The molecule has 263 valence electrons. The van der Waals surface area contributed by atoms with Crippen molar-refractivity contribution in [1.29, 1.82) is 0 Å². The van der Waals surface area contributed by atoms with E-state index in [0.29, 0.717) is 35.5 Å². The van der Waals surface area contributed by atoms with Gasteiger partial charge in [-0.1, -0.05) is 113 Å². The molecule has 2 aromatic carbocycles. The fraction of sp³-hybridized carbons (Fsp3) is 0.575. The van der Waals surface area contributed by atoms with E-state index in [2.05, 4.69) is 140 Å². The molecule has 1 aromatic heterocycles. The molecule has 1 radical (unpaired) electrons. The standard InChI is InChI=1S/C40H62N4.2ClH.Mn/c1-26(2)32-21-35(28(5)6)39(36(22-32)29(7)8)42-17-19-44(25-34-15-13-14-16-41-34)20-18-43-40-37(30(9)10)23-33(27(3)4)24-38(40)31(11)12;;;/h13-16,21-24,26-31,42-43H,17-20,25H2,1-12H3;2*1H;/q;;;+2/p-2. The van der Waals surface area contributed by atoms with Gasteiger partial charge in [0.2, 0.25) is 0 Å². The first-order valence-electron chi connectivity index (χ1n) is 17.2. The third-order valence-electron chi connectivity index (χ3n) is 8.84. The van der Waals surface area contributed by atoms with Crippen molar-refractivity contribution in [2.24, 2.45) is 0 Å². The molecule has 3 rings (SSSR count). The van der Waals surface area contributed by atoms with Gasteiger partial charge in [0.05, 0.1) is 5.69 Å². The summed E-state index contributed by atoms with van der Waals surface area (Å²) in [6.45, 7) is 32.3. The monoisotopic (exact) mass is 723 g/mol. The van der Waals surface area contributed by atoms with Crippen molar-refractivity contribution in [3.63, 3.8) is 0 Å². The Kier molecular flexibility index (Phi) is 20.6. The van der Waals surface area contributed by atoms with Crippen LogP contribution in [0.2, 0.25) is 0 Å². The predicted molar refractivity (Wildman–Crippen MR) is 194 cm³/mol. The SMILES string of the molecule is CC(C)c1cc(C(C)C)c(NCCN(CCNc2c(C(C)C)cc(C(C)C)cc2C(C)C)Cc2ccccn2)c(C(C)C)c1.[Cl-].[Cl-].[Mn+2]. The topological polar surface area (TPSA) is 40.2 Å². The molecular weight excluding hydrogens is 662 g/mol. The molecule has 0 fully saturated rings. The average Bonchev–Trinajstić information content (AvgIpc) is 2.96. The zero-order chi connectivity index (χ0) is 32.6. The summed E-state index contributed by atoms with van der Waals surface area (Å²) in [5, 5.41) is 7.83. The summed E-state index contributed by atoms with van der Waals surface area (Å²) in [5.74, 6) is 2.92. The third-order valence-corrected chi connectivity index (χ3v) is 8.84. The van der Waals surface area contributed by atoms with Gasteiger partial charge >= 0.3 is 17.1 Å². The number of halogens is 2. The number of nitrogens with one attached hydrogen (secondary N) is 2. The molecule has 0 aliphatic rings. The molecule has 47 heavy (non-hydrogen) atoms. The second-order valence-electron chi connectivity index (χ2n) is 14.5. The molecule has 0 aliphatic carbocycles. The molecule has 0 saturated heterocycles. The van der Waals surface area contributed by atoms with Crippen molar-refractivity contribution in [2.45, 2.75) is 125 Å². The molecule has 0 spiro atoms. The van der Waals surface area contributed by atoms with Crippen LogP contribution in [-0.4, -0.2) is 36.1 Å². The van der Waals surface area contributed by atoms with Crippen molar-refractivity contribution in [3.05, 3.63) is 87.7 Å². The van der Waals surface area contributed by atoms with Gasteiger partial charge in [0.1, 0.15) is 0 Å². The van der Waals surface area contributed by atoms with Crippen molar-refractivity contribution >= 4 is 11.4 Å². The smallest absolute Gasteiger partial charge is 1.00 e. The van der Waals surface area contributed by atoms with Crippen LogP contribution >= 0.6 is 0 Å². The molecule has 3 aromatic rings. The molecule has 1 heterocycles. The van der Waals surface area contributed by atoms with Crippen LogP contribution in [0.15, 0.2) is 48.7 Å². The summed E-state index contributed by atoms with van der Waals surface area (Å²) in [7, 11) is 0. The average molecular weight is 725 g/mol. The van der Waals surface area contributed by atoms with Gasteiger partial charge in [-0.3, -0.25) is 9.88 Å². The van der Waals surface area contributed by atoms with Gasteiger partial charge in [0.15, 0.2) is 0 Å². The summed E-state index contributed by atoms with van der Waals surface area (Å²) in [4.78, 5) is 7.21. The first kappa shape index (κ1) is 45.2. The second-order valence-corrected chi connectivity index (χ2v) is 14.5. The van der Waals surface area contributed by atoms with Crippen LogP contribution in [0.5, 0.6) is 0 Å². The number of pyridine rings is 1. The number of anilines is 2. The maximum Gasteiger partial charge on any atom is 2.00 e. The van der Waals surface area contributed by atoms with Gasteiger partial charge in [0.25, 0.3) is 0 Å². The molecule has 0 bridgehead atoms. The quantitative estimate of drug-likeness (QED) is 0.208. The van der Waals surface area contributed by atoms with Crippen LogP contribution in [0.25, 0.3) is 0 Å². The summed E-state index contributed by atoms with van der Waals surface area (Å²) < 4.78 is 0. The van der Waals surface area contributed by atoms with E-state index in [1.54, 1.807) is 0 Å². The number of hydrogen-bond acceptors (Lipinski definition) is 4. The van der Waals surface area contributed by atoms with E-state index >= 15 is 0 Å². The molecule has 0 aliphatic heterocycles. The van der Waals surface area contributed by atoms with E-state index in [-0.39, 0.29) is 41.9 Å². The molecule has 4 nitrogen and oxygen atoms in total. The van der Waals surface area contributed by atoms with Crippen molar-refractivity contribution in [3.8, 4) is 0 Å². The molecule has 7 heteroatoms. The Hall–Kier alpha value is -1.75. The Labute approximate surface area is 311 Å². The summed E-state index contributed by atoms with van der Waals surface area (Å²) >= 11 is 0. The van der Waals surface area contributed by atoms with E-state index in [9.17, 15) is 0 Å². The summed E-state index contributed by atoms with van der Waals surface area (Å²) in [6.07, 6.45) is 1.91. The first-order valence-corrected chi connectivity index (χ1v) is 17.2. The molecule has 0 unspecified atom stereocenters. The Balaban J connectivity index is 0.00000705. The van der Waals surface area contributed by atoms with Crippen LogP contribution < -0.4 is 35.4 Å². The zero-order valence-corrected chi connectivity index (χ0v) is 33.8. The minimum atomic E-state index is 0.